The third-order valence-corrected chi connectivity index (χ3v) is 5.18. The summed E-state index contributed by atoms with van der Waals surface area (Å²) in [7, 11) is 0. The maximum atomic E-state index is 10.4. The lowest BCUT2D eigenvalue weighted by molar-refractivity contribution is 0.422. The molecule has 0 amide bonds. The van der Waals surface area contributed by atoms with Gasteiger partial charge in [0.1, 0.15) is 5.75 Å². The lowest BCUT2D eigenvalue weighted by Crippen LogP contribution is -2.28. The van der Waals surface area contributed by atoms with Gasteiger partial charge in [-0.15, -0.1) is 0 Å². The Morgan fingerprint density at radius 2 is 2.06 bits per heavy atom. The molecule has 1 aromatic rings. The third kappa shape index (κ3) is 2.19. The van der Waals surface area contributed by atoms with E-state index in [2.05, 4.69) is 27.3 Å². The summed E-state index contributed by atoms with van der Waals surface area (Å²) in [6.45, 7) is 2.11. The summed E-state index contributed by atoms with van der Waals surface area (Å²) >= 11 is 3.61. The molecule has 0 saturated carbocycles. The number of phenols is 1. The van der Waals surface area contributed by atoms with Crippen molar-refractivity contribution in [3.8, 4) is 5.75 Å². The highest BCUT2D eigenvalue weighted by Gasteiger charge is 2.24. The smallest absolute Gasteiger partial charge is 0.133 e. The zero-order valence-electron chi connectivity index (χ0n) is 10.6. The molecule has 3 heteroatoms. The topological polar surface area (TPSA) is 32.3 Å². The van der Waals surface area contributed by atoms with Gasteiger partial charge in [-0.1, -0.05) is 6.07 Å². The van der Waals surface area contributed by atoms with Gasteiger partial charge in [0.05, 0.1) is 4.47 Å². The first-order chi connectivity index (χ1) is 8.77. The molecule has 0 aromatic heterocycles. The van der Waals surface area contributed by atoms with Crippen LogP contribution in [-0.4, -0.2) is 18.2 Å². The van der Waals surface area contributed by atoms with Crippen molar-refractivity contribution in [3.05, 3.63) is 27.2 Å². The minimum atomic E-state index is 0.474. The van der Waals surface area contributed by atoms with Gasteiger partial charge in [-0.25, -0.2) is 0 Å². The van der Waals surface area contributed by atoms with Gasteiger partial charge >= 0.3 is 0 Å². The van der Waals surface area contributed by atoms with E-state index in [0.717, 1.165) is 29.5 Å². The normalized spacial score (nSPS) is 23.7. The molecule has 18 heavy (non-hydrogen) atoms. The van der Waals surface area contributed by atoms with E-state index < -0.39 is 0 Å². The Kier molecular flexibility index (Phi) is 3.62. The van der Waals surface area contributed by atoms with E-state index in [-0.39, 0.29) is 0 Å². The largest absolute Gasteiger partial charge is 0.506 e. The van der Waals surface area contributed by atoms with Crippen LogP contribution in [0.25, 0.3) is 0 Å². The fourth-order valence-electron chi connectivity index (χ4n) is 3.29. The number of fused-ring (bicyclic) bond motifs is 1. The number of nitrogens with one attached hydrogen (secondary N) is 1. The van der Waals surface area contributed by atoms with Crippen molar-refractivity contribution < 1.29 is 5.11 Å². The molecule has 2 aliphatic rings. The predicted molar refractivity (Wildman–Crippen MR) is 77.3 cm³/mol. The first-order valence-electron chi connectivity index (χ1n) is 7.01. The van der Waals surface area contributed by atoms with Crippen molar-refractivity contribution >= 4 is 15.9 Å². The van der Waals surface area contributed by atoms with Gasteiger partial charge in [0.15, 0.2) is 0 Å². The van der Waals surface area contributed by atoms with Gasteiger partial charge in [0.25, 0.3) is 0 Å². The Bertz CT molecular complexity index is 452. The predicted octanol–water partition coefficient (Wildman–Crippen LogP) is 3.50. The van der Waals surface area contributed by atoms with E-state index in [1.54, 1.807) is 0 Å². The minimum absolute atomic E-state index is 0.474. The molecule has 1 saturated heterocycles. The highest BCUT2D eigenvalue weighted by molar-refractivity contribution is 9.10. The van der Waals surface area contributed by atoms with Gasteiger partial charge in [-0.2, -0.15) is 0 Å². The number of halogens is 1. The fraction of sp³-hybridized carbons (Fsp3) is 0.600. The van der Waals surface area contributed by atoms with E-state index in [0.29, 0.717) is 11.7 Å². The van der Waals surface area contributed by atoms with Crippen molar-refractivity contribution in [1.82, 2.24) is 5.32 Å². The summed E-state index contributed by atoms with van der Waals surface area (Å²) in [5.41, 5.74) is 3.94. The van der Waals surface area contributed by atoms with Gasteiger partial charge < -0.3 is 10.4 Å². The van der Waals surface area contributed by atoms with Crippen LogP contribution in [0.3, 0.4) is 0 Å². The molecule has 0 spiro atoms. The molecule has 98 valence electrons. The Morgan fingerprint density at radius 1 is 1.22 bits per heavy atom. The van der Waals surface area contributed by atoms with E-state index in [9.17, 15) is 5.11 Å². The molecule has 1 unspecified atom stereocenters. The first-order valence-corrected chi connectivity index (χ1v) is 7.80. The van der Waals surface area contributed by atoms with Crippen LogP contribution in [0, 0.1) is 0 Å². The van der Waals surface area contributed by atoms with Crippen LogP contribution in [0.2, 0.25) is 0 Å². The van der Waals surface area contributed by atoms with Crippen LogP contribution in [0.15, 0.2) is 10.5 Å². The molecule has 1 aliphatic carbocycles. The molecule has 2 nitrogen and oxygen atoms in total. The van der Waals surface area contributed by atoms with E-state index >= 15 is 0 Å². The van der Waals surface area contributed by atoms with Crippen molar-refractivity contribution in [2.45, 2.75) is 44.4 Å². The number of aromatic hydroxyl groups is 1. The first kappa shape index (κ1) is 12.5. The molecule has 1 aliphatic heterocycles. The Labute approximate surface area is 117 Å². The standard InChI is InChI=1S/C15H20BrNO/c16-14-12-6-2-1-4-10(12)8-13(15(14)18)11-5-3-7-17-9-11/h8,11,17-18H,1-7,9H2. The summed E-state index contributed by atoms with van der Waals surface area (Å²) in [5.74, 6) is 0.964. The van der Waals surface area contributed by atoms with Crippen LogP contribution >= 0.6 is 15.9 Å². The second-order valence-electron chi connectivity index (χ2n) is 5.52. The van der Waals surface area contributed by atoms with E-state index in [1.807, 2.05) is 0 Å². The highest BCUT2D eigenvalue weighted by atomic mass is 79.9. The van der Waals surface area contributed by atoms with Crippen LogP contribution in [-0.2, 0) is 12.8 Å². The number of hydrogen-bond acceptors (Lipinski definition) is 2. The van der Waals surface area contributed by atoms with Crippen molar-refractivity contribution in [1.29, 1.82) is 0 Å². The van der Waals surface area contributed by atoms with Crippen LogP contribution < -0.4 is 5.32 Å². The van der Waals surface area contributed by atoms with E-state index in [4.69, 9.17) is 0 Å². The van der Waals surface area contributed by atoms with Gasteiger partial charge in [-0.05, 0) is 77.7 Å². The zero-order chi connectivity index (χ0) is 12.5. The maximum absolute atomic E-state index is 10.4. The molecule has 1 fully saturated rings. The van der Waals surface area contributed by atoms with E-state index in [1.165, 1.54) is 43.2 Å². The van der Waals surface area contributed by atoms with Crippen molar-refractivity contribution in [2.75, 3.05) is 13.1 Å². The number of hydrogen-bond donors (Lipinski definition) is 2. The second kappa shape index (κ2) is 5.22. The lowest BCUT2D eigenvalue weighted by Gasteiger charge is -2.27. The third-order valence-electron chi connectivity index (χ3n) is 4.32. The van der Waals surface area contributed by atoms with Crippen molar-refractivity contribution in [2.24, 2.45) is 0 Å². The highest BCUT2D eigenvalue weighted by Crippen LogP contribution is 2.41. The molecular formula is C15H20BrNO. The summed E-state index contributed by atoms with van der Waals surface area (Å²) in [4.78, 5) is 0. The quantitative estimate of drug-likeness (QED) is 0.832. The molecular weight excluding hydrogens is 290 g/mol. The van der Waals surface area contributed by atoms with Gasteiger partial charge in [0, 0.05) is 12.5 Å². The fourth-order valence-corrected chi connectivity index (χ4v) is 3.97. The van der Waals surface area contributed by atoms with Crippen molar-refractivity contribution in [3.63, 3.8) is 0 Å². The van der Waals surface area contributed by atoms with Gasteiger partial charge in [0.2, 0.25) is 0 Å². The Hall–Kier alpha value is -0.540. The summed E-state index contributed by atoms with van der Waals surface area (Å²) < 4.78 is 0.959. The number of phenolic OH excluding ortho intramolecular Hbond substituents is 1. The SMILES string of the molecule is Oc1c(C2CCCNC2)cc2c(c1Br)CCCC2. The Morgan fingerprint density at radius 3 is 2.83 bits per heavy atom. The average molecular weight is 310 g/mol. The molecule has 2 N–H and O–H groups in total. The summed E-state index contributed by atoms with van der Waals surface area (Å²) in [6, 6.07) is 2.27. The van der Waals surface area contributed by atoms with Crippen LogP contribution in [0.1, 0.15) is 48.3 Å². The summed E-state index contributed by atoms with van der Waals surface area (Å²) in [6.07, 6.45) is 7.20. The molecule has 0 bridgehead atoms. The number of rotatable bonds is 1. The van der Waals surface area contributed by atoms with Crippen LogP contribution in [0.5, 0.6) is 5.75 Å². The lowest BCUT2D eigenvalue weighted by atomic mass is 9.84. The molecule has 0 radical (unpaired) electrons. The molecule has 3 rings (SSSR count). The van der Waals surface area contributed by atoms with Gasteiger partial charge in [-0.3, -0.25) is 0 Å². The Balaban J connectivity index is 2.01. The summed E-state index contributed by atoms with van der Waals surface area (Å²) in [5, 5.41) is 13.9. The zero-order valence-corrected chi connectivity index (χ0v) is 12.2. The van der Waals surface area contributed by atoms with Crippen LogP contribution in [0.4, 0.5) is 0 Å². The number of piperidine rings is 1. The molecule has 1 aromatic carbocycles. The minimum Gasteiger partial charge on any atom is -0.506 e. The average Bonchev–Trinajstić information content (AvgIpc) is 2.44. The number of aryl methyl sites for hydroxylation is 1. The molecule has 1 heterocycles. The number of benzene rings is 1. The molecule has 1 atom stereocenters. The second-order valence-corrected chi connectivity index (χ2v) is 6.31. The monoisotopic (exact) mass is 309 g/mol. The maximum Gasteiger partial charge on any atom is 0.133 e.